The number of aliphatic hydroxyl groups is 1. The SMILES string of the molecule is C[C@@H]1COC[C@](CN)(CO)N1. The molecule has 2 atom stereocenters. The molecule has 1 rings (SSSR count). The van der Waals surface area contributed by atoms with E-state index in [1.165, 1.54) is 0 Å². The summed E-state index contributed by atoms with van der Waals surface area (Å²) in [5.74, 6) is 0. The number of nitrogens with one attached hydrogen (secondary N) is 1. The molecule has 66 valence electrons. The molecule has 0 unspecified atom stereocenters. The lowest BCUT2D eigenvalue weighted by molar-refractivity contribution is -0.0175. The van der Waals surface area contributed by atoms with Crippen LogP contribution in [0.3, 0.4) is 0 Å². The molecule has 0 bridgehead atoms. The van der Waals surface area contributed by atoms with E-state index < -0.39 is 5.54 Å². The fraction of sp³-hybridized carbons (Fsp3) is 1.00. The maximum Gasteiger partial charge on any atom is 0.0777 e. The van der Waals surface area contributed by atoms with Crippen LogP contribution in [0.1, 0.15) is 6.92 Å². The van der Waals surface area contributed by atoms with Gasteiger partial charge in [0.15, 0.2) is 0 Å². The third-order valence-electron chi connectivity index (χ3n) is 1.99. The molecule has 1 heterocycles. The van der Waals surface area contributed by atoms with Gasteiger partial charge in [-0.25, -0.2) is 0 Å². The smallest absolute Gasteiger partial charge is 0.0777 e. The molecule has 1 aliphatic heterocycles. The Morgan fingerprint density at radius 2 is 2.55 bits per heavy atom. The number of morpholine rings is 1. The molecule has 1 fully saturated rings. The van der Waals surface area contributed by atoms with Crippen LogP contribution < -0.4 is 11.1 Å². The van der Waals surface area contributed by atoms with Crippen molar-refractivity contribution in [3.63, 3.8) is 0 Å². The van der Waals surface area contributed by atoms with Gasteiger partial charge in [0.05, 0.1) is 25.4 Å². The van der Waals surface area contributed by atoms with Gasteiger partial charge in [0.25, 0.3) is 0 Å². The van der Waals surface area contributed by atoms with Gasteiger partial charge >= 0.3 is 0 Å². The highest BCUT2D eigenvalue weighted by molar-refractivity contribution is 4.93. The molecule has 0 aromatic carbocycles. The van der Waals surface area contributed by atoms with Crippen LogP contribution in [0.5, 0.6) is 0 Å². The maximum atomic E-state index is 9.04. The monoisotopic (exact) mass is 160 g/mol. The van der Waals surface area contributed by atoms with E-state index in [1.54, 1.807) is 0 Å². The fourth-order valence-corrected chi connectivity index (χ4v) is 1.31. The summed E-state index contributed by atoms with van der Waals surface area (Å²) in [6.45, 7) is 3.66. The van der Waals surface area contributed by atoms with Crippen molar-refractivity contribution in [1.29, 1.82) is 0 Å². The Morgan fingerprint density at radius 3 is 2.91 bits per heavy atom. The standard InChI is InChI=1S/C7H16N2O2/c1-6-2-11-5-7(3-8,4-10)9-6/h6,9-10H,2-5,8H2,1H3/t6-,7+/m1/s1. The van der Waals surface area contributed by atoms with E-state index in [0.29, 0.717) is 19.8 Å². The first-order valence-electron chi connectivity index (χ1n) is 3.89. The number of hydrogen-bond acceptors (Lipinski definition) is 4. The second kappa shape index (κ2) is 3.49. The zero-order valence-corrected chi connectivity index (χ0v) is 6.84. The number of aliphatic hydroxyl groups excluding tert-OH is 1. The number of rotatable bonds is 2. The third-order valence-corrected chi connectivity index (χ3v) is 1.99. The molecule has 0 radical (unpaired) electrons. The molecule has 1 aliphatic rings. The Bertz CT molecular complexity index is 126. The Morgan fingerprint density at radius 1 is 1.82 bits per heavy atom. The molecular formula is C7H16N2O2. The largest absolute Gasteiger partial charge is 0.394 e. The molecular weight excluding hydrogens is 144 g/mol. The Labute approximate surface area is 66.7 Å². The predicted octanol–water partition coefficient (Wildman–Crippen LogP) is -1.32. The van der Waals surface area contributed by atoms with Crippen LogP contribution in [-0.2, 0) is 4.74 Å². The second-order valence-corrected chi connectivity index (χ2v) is 3.20. The summed E-state index contributed by atoms with van der Waals surface area (Å²) in [6.07, 6.45) is 0. The van der Waals surface area contributed by atoms with Crippen molar-refractivity contribution in [2.24, 2.45) is 5.73 Å². The Kier molecular flexibility index (Phi) is 2.84. The zero-order valence-electron chi connectivity index (χ0n) is 6.84. The topological polar surface area (TPSA) is 67.5 Å². The quantitative estimate of drug-likeness (QED) is 0.469. The summed E-state index contributed by atoms with van der Waals surface area (Å²) in [4.78, 5) is 0. The van der Waals surface area contributed by atoms with Crippen LogP contribution in [0.2, 0.25) is 0 Å². The van der Waals surface area contributed by atoms with Crippen LogP contribution in [0.15, 0.2) is 0 Å². The van der Waals surface area contributed by atoms with Crippen LogP contribution in [-0.4, -0.2) is 43.1 Å². The van der Waals surface area contributed by atoms with E-state index >= 15 is 0 Å². The van der Waals surface area contributed by atoms with Crippen molar-refractivity contribution in [3.8, 4) is 0 Å². The lowest BCUT2D eigenvalue weighted by Gasteiger charge is -2.38. The average molecular weight is 160 g/mol. The Hall–Kier alpha value is -0.160. The minimum absolute atomic E-state index is 0.0356. The van der Waals surface area contributed by atoms with Gasteiger partial charge in [-0.2, -0.15) is 0 Å². The van der Waals surface area contributed by atoms with Gasteiger partial charge in [0.1, 0.15) is 0 Å². The summed E-state index contributed by atoms with van der Waals surface area (Å²) in [7, 11) is 0. The van der Waals surface area contributed by atoms with Gasteiger partial charge in [-0.05, 0) is 6.92 Å². The first-order chi connectivity index (χ1) is 5.22. The molecule has 0 aromatic rings. The first-order valence-corrected chi connectivity index (χ1v) is 3.89. The zero-order chi connectivity index (χ0) is 8.32. The minimum atomic E-state index is -0.405. The van der Waals surface area contributed by atoms with Gasteiger partial charge in [-0.1, -0.05) is 0 Å². The minimum Gasteiger partial charge on any atom is -0.394 e. The summed E-state index contributed by atoms with van der Waals surface area (Å²) in [5.41, 5.74) is 5.10. The molecule has 4 N–H and O–H groups in total. The molecule has 4 heteroatoms. The van der Waals surface area contributed by atoms with E-state index in [0.717, 1.165) is 0 Å². The first kappa shape index (κ1) is 8.93. The van der Waals surface area contributed by atoms with Crippen molar-refractivity contribution in [1.82, 2.24) is 5.32 Å². The number of ether oxygens (including phenoxy) is 1. The summed E-state index contributed by atoms with van der Waals surface area (Å²) in [5, 5.41) is 12.3. The third kappa shape index (κ3) is 1.90. The summed E-state index contributed by atoms with van der Waals surface area (Å²) < 4.78 is 5.28. The van der Waals surface area contributed by atoms with Crippen molar-refractivity contribution in [3.05, 3.63) is 0 Å². The molecule has 11 heavy (non-hydrogen) atoms. The molecule has 0 aromatic heterocycles. The molecule has 0 aliphatic carbocycles. The van der Waals surface area contributed by atoms with Gasteiger partial charge in [-0.15, -0.1) is 0 Å². The highest BCUT2D eigenvalue weighted by atomic mass is 16.5. The molecule has 0 saturated carbocycles. The highest BCUT2D eigenvalue weighted by Gasteiger charge is 2.32. The fourth-order valence-electron chi connectivity index (χ4n) is 1.31. The van der Waals surface area contributed by atoms with E-state index in [4.69, 9.17) is 15.6 Å². The predicted molar refractivity (Wildman–Crippen MR) is 42.3 cm³/mol. The summed E-state index contributed by atoms with van der Waals surface area (Å²) >= 11 is 0. The molecule has 0 amide bonds. The molecule has 1 saturated heterocycles. The van der Waals surface area contributed by atoms with Crippen molar-refractivity contribution in [2.75, 3.05) is 26.4 Å². The Balaban J connectivity index is 2.52. The van der Waals surface area contributed by atoms with Gasteiger partial charge in [-0.3, -0.25) is 0 Å². The lowest BCUT2D eigenvalue weighted by atomic mass is 9.99. The molecule has 0 spiro atoms. The van der Waals surface area contributed by atoms with Gasteiger partial charge in [0.2, 0.25) is 0 Å². The van der Waals surface area contributed by atoms with Crippen LogP contribution in [0, 0.1) is 0 Å². The van der Waals surface area contributed by atoms with Crippen molar-refractivity contribution < 1.29 is 9.84 Å². The van der Waals surface area contributed by atoms with E-state index in [1.807, 2.05) is 6.92 Å². The number of nitrogens with two attached hydrogens (primary N) is 1. The van der Waals surface area contributed by atoms with E-state index in [-0.39, 0.29) is 12.6 Å². The van der Waals surface area contributed by atoms with E-state index in [9.17, 15) is 0 Å². The lowest BCUT2D eigenvalue weighted by Crippen LogP contribution is -2.64. The normalized spacial score (nSPS) is 39.0. The van der Waals surface area contributed by atoms with Crippen LogP contribution in [0.4, 0.5) is 0 Å². The second-order valence-electron chi connectivity index (χ2n) is 3.20. The molecule has 4 nitrogen and oxygen atoms in total. The average Bonchev–Trinajstić information content (AvgIpc) is 2.04. The van der Waals surface area contributed by atoms with Crippen LogP contribution in [0.25, 0.3) is 0 Å². The van der Waals surface area contributed by atoms with E-state index in [2.05, 4.69) is 5.32 Å². The van der Waals surface area contributed by atoms with Gasteiger partial charge < -0.3 is 20.9 Å². The van der Waals surface area contributed by atoms with Crippen molar-refractivity contribution >= 4 is 0 Å². The van der Waals surface area contributed by atoms with Crippen LogP contribution >= 0.6 is 0 Å². The highest BCUT2D eigenvalue weighted by Crippen LogP contribution is 2.09. The summed E-state index contributed by atoms with van der Waals surface area (Å²) in [6, 6.07) is 0.277. The van der Waals surface area contributed by atoms with Gasteiger partial charge in [0, 0.05) is 12.6 Å². The maximum absolute atomic E-state index is 9.04. The number of hydrogen-bond donors (Lipinski definition) is 3. The van der Waals surface area contributed by atoms with Crippen molar-refractivity contribution in [2.45, 2.75) is 18.5 Å².